The second kappa shape index (κ2) is 8.61. The van der Waals surface area contributed by atoms with Crippen molar-refractivity contribution < 1.29 is 14.0 Å². The summed E-state index contributed by atoms with van der Waals surface area (Å²) in [7, 11) is 1.55. The number of carbonyl (C=O) groups excluding carboxylic acids is 2. The van der Waals surface area contributed by atoms with E-state index in [9.17, 15) is 14.0 Å². The highest BCUT2D eigenvalue weighted by atomic mass is 19.1. The summed E-state index contributed by atoms with van der Waals surface area (Å²) < 4.78 is 13.1. The molecule has 0 fully saturated rings. The van der Waals surface area contributed by atoms with Gasteiger partial charge in [-0.3, -0.25) is 9.59 Å². The van der Waals surface area contributed by atoms with Gasteiger partial charge in [-0.25, -0.2) is 4.39 Å². The van der Waals surface area contributed by atoms with Crippen LogP contribution in [0.1, 0.15) is 29.2 Å². The lowest BCUT2D eigenvalue weighted by atomic mass is 10.0. The Morgan fingerprint density at radius 1 is 1.12 bits per heavy atom. The Kier molecular flexibility index (Phi) is 6.50. The van der Waals surface area contributed by atoms with Crippen LogP contribution in [0.3, 0.4) is 0 Å². The fourth-order valence-electron chi connectivity index (χ4n) is 2.83. The number of rotatable bonds is 6. The van der Waals surface area contributed by atoms with Crippen molar-refractivity contribution in [1.82, 2.24) is 10.2 Å². The number of nitrogens with zero attached hydrogens (tertiary/aromatic N) is 1. The lowest BCUT2D eigenvalue weighted by Crippen LogP contribution is -2.47. The number of benzene rings is 2. The van der Waals surface area contributed by atoms with Crippen LogP contribution in [0.5, 0.6) is 0 Å². The summed E-state index contributed by atoms with van der Waals surface area (Å²) in [6.07, 6.45) is 0.218. The molecule has 0 unspecified atom stereocenters. The number of carbonyl (C=O) groups is 2. The average Bonchev–Trinajstić information content (AvgIpc) is 2.62. The Morgan fingerprint density at radius 2 is 1.77 bits per heavy atom. The predicted molar refractivity (Wildman–Crippen MR) is 100 cm³/mol. The van der Waals surface area contributed by atoms with Gasteiger partial charge in [0.15, 0.2) is 0 Å². The first-order valence-electron chi connectivity index (χ1n) is 8.63. The molecule has 0 bridgehead atoms. The third kappa shape index (κ3) is 4.91. The van der Waals surface area contributed by atoms with Gasteiger partial charge in [-0.05, 0) is 49.6 Å². The van der Waals surface area contributed by atoms with E-state index in [0.29, 0.717) is 0 Å². The SMILES string of the molecule is CNC(=O)[C@H](C)N(Cc1ccc(F)cc1)C(=O)Cc1cc(C)ccc1C. The fourth-order valence-corrected chi connectivity index (χ4v) is 2.83. The molecule has 0 aromatic heterocycles. The lowest BCUT2D eigenvalue weighted by Gasteiger charge is -2.28. The molecule has 0 aliphatic heterocycles. The Bertz CT molecular complexity index is 787. The number of nitrogens with one attached hydrogen (secondary N) is 1. The molecule has 1 atom stereocenters. The molecule has 2 rings (SSSR count). The summed E-state index contributed by atoms with van der Waals surface area (Å²) in [6, 6.07) is 11.3. The van der Waals surface area contributed by atoms with E-state index >= 15 is 0 Å². The van der Waals surface area contributed by atoms with Crippen LogP contribution in [-0.2, 0) is 22.6 Å². The first kappa shape index (κ1) is 19.6. The van der Waals surface area contributed by atoms with Gasteiger partial charge in [0.25, 0.3) is 0 Å². The molecule has 0 aliphatic carbocycles. The summed E-state index contributed by atoms with van der Waals surface area (Å²) >= 11 is 0. The van der Waals surface area contributed by atoms with Crippen LogP contribution in [0.4, 0.5) is 4.39 Å². The predicted octanol–water partition coefficient (Wildman–Crippen LogP) is 3.15. The Morgan fingerprint density at radius 3 is 2.38 bits per heavy atom. The van der Waals surface area contributed by atoms with Crippen molar-refractivity contribution in [2.45, 2.75) is 39.8 Å². The molecule has 0 heterocycles. The first-order chi connectivity index (χ1) is 12.3. The maximum absolute atomic E-state index is 13.1. The van der Waals surface area contributed by atoms with Gasteiger partial charge in [0.05, 0.1) is 6.42 Å². The van der Waals surface area contributed by atoms with Crippen LogP contribution in [0.2, 0.25) is 0 Å². The third-order valence-electron chi connectivity index (χ3n) is 4.53. The number of likely N-dealkylation sites (N-methyl/N-ethyl adjacent to an activating group) is 1. The summed E-state index contributed by atoms with van der Waals surface area (Å²) in [5.41, 5.74) is 3.85. The van der Waals surface area contributed by atoms with Gasteiger partial charge < -0.3 is 10.2 Å². The summed E-state index contributed by atoms with van der Waals surface area (Å²) in [5, 5.41) is 2.59. The molecular weight excluding hydrogens is 331 g/mol. The molecule has 0 saturated carbocycles. The quantitative estimate of drug-likeness (QED) is 0.864. The standard InChI is InChI=1S/C21H25FN2O2/c1-14-5-6-15(2)18(11-14)12-20(25)24(16(3)21(26)23-4)13-17-7-9-19(22)10-8-17/h5-11,16H,12-13H2,1-4H3,(H,23,26)/t16-/m0/s1. The van der Waals surface area contributed by atoms with E-state index in [0.717, 1.165) is 22.3 Å². The monoisotopic (exact) mass is 356 g/mol. The minimum absolute atomic E-state index is 0.140. The highest BCUT2D eigenvalue weighted by Gasteiger charge is 2.25. The van der Waals surface area contributed by atoms with Gasteiger partial charge in [-0.2, -0.15) is 0 Å². The maximum Gasteiger partial charge on any atom is 0.242 e. The van der Waals surface area contributed by atoms with E-state index in [2.05, 4.69) is 5.32 Å². The smallest absolute Gasteiger partial charge is 0.242 e. The largest absolute Gasteiger partial charge is 0.357 e. The van der Waals surface area contributed by atoms with Crippen molar-refractivity contribution in [2.75, 3.05) is 7.05 Å². The minimum atomic E-state index is -0.623. The maximum atomic E-state index is 13.1. The van der Waals surface area contributed by atoms with Crippen LogP contribution in [0.15, 0.2) is 42.5 Å². The molecule has 1 N–H and O–H groups in total. The molecule has 5 heteroatoms. The molecule has 0 spiro atoms. The van der Waals surface area contributed by atoms with Gasteiger partial charge >= 0.3 is 0 Å². The van der Waals surface area contributed by atoms with E-state index in [-0.39, 0.29) is 30.6 Å². The number of amides is 2. The Balaban J connectivity index is 2.26. The summed E-state index contributed by atoms with van der Waals surface area (Å²) in [5.74, 6) is -0.707. The van der Waals surface area contributed by atoms with E-state index in [1.54, 1.807) is 26.1 Å². The van der Waals surface area contributed by atoms with E-state index in [1.807, 2.05) is 32.0 Å². The van der Waals surface area contributed by atoms with Crippen molar-refractivity contribution in [2.24, 2.45) is 0 Å². The molecule has 138 valence electrons. The van der Waals surface area contributed by atoms with Gasteiger partial charge in [0.1, 0.15) is 11.9 Å². The number of hydrogen-bond donors (Lipinski definition) is 1. The van der Waals surface area contributed by atoms with Crippen LogP contribution < -0.4 is 5.32 Å². The molecule has 4 nitrogen and oxygen atoms in total. The normalized spacial score (nSPS) is 11.7. The minimum Gasteiger partial charge on any atom is -0.357 e. The Hall–Kier alpha value is -2.69. The molecule has 0 radical (unpaired) electrons. The average molecular weight is 356 g/mol. The zero-order chi connectivity index (χ0) is 19.3. The molecular formula is C21H25FN2O2. The topological polar surface area (TPSA) is 49.4 Å². The molecule has 2 aromatic carbocycles. The number of aryl methyl sites for hydroxylation is 2. The zero-order valence-electron chi connectivity index (χ0n) is 15.7. The van der Waals surface area contributed by atoms with Gasteiger partial charge in [-0.15, -0.1) is 0 Å². The second-order valence-electron chi connectivity index (χ2n) is 6.55. The van der Waals surface area contributed by atoms with Crippen molar-refractivity contribution in [3.05, 3.63) is 70.5 Å². The molecule has 0 saturated heterocycles. The summed E-state index contributed by atoms with van der Waals surface area (Å²) in [4.78, 5) is 26.6. The zero-order valence-corrected chi connectivity index (χ0v) is 15.7. The second-order valence-corrected chi connectivity index (χ2v) is 6.55. The van der Waals surface area contributed by atoms with E-state index < -0.39 is 6.04 Å². The van der Waals surface area contributed by atoms with Crippen molar-refractivity contribution in [3.63, 3.8) is 0 Å². The number of hydrogen-bond acceptors (Lipinski definition) is 2. The highest BCUT2D eigenvalue weighted by Crippen LogP contribution is 2.16. The molecule has 2 aromatic rings. The first-order valence-corrected chi connectivity index (χ1v) is 8.63. The molecule has 26 heavy (non-hydrogen) atoms. The Labute approximate surface area is 154 Å². The third-order valence-corrected chi connectivity index (χ3v) is 4.53. The van der Waals surface area contributed by atoms with Gasteiger partial charge in [-0.1, -0.05) is 35.9 Å². The van der Waals surface area contributed by atoms with Crippen molar-refractivity contribution in [3.8, 4) is 0 Å². The molecule has 2 amide bonds. The van der Waals surface area contributed by atoms with Crippen LogP contribution in [-0.4, -0.2) is 29.8 Å². The van der Waals surface area contributed by atoms with Crippen molar-refractivity contribution >= 4 is 11.8 Å². The highest BCUT2D eigenvalue weighted by molar-refractivity contribution is 5.88. The van der Waals surface area contributed by atoms with Crippen LogP contribution >= 0.6 is 0 Å². The van der Waals surface area contributed by atoms with Crippen molar-refractivity contribution in [1.29, 1.82) is 0 Å². The van der Waals surface area contributed by atoms with Crippen LogP contribution in [0.25, 0.3) is 0 Å². The van der Waals surface area contributed by atoms with E-state index in [4.69, 9.17) is 0 Å². The lowest BCUT2D eigenvalue weighted by molar-refractivity contribution is -0.139. The van der Waals surface area contributed by atoms with Gasteiger partial charge in [0, 0.05) is 13.6 Å². The van der Waals surface area contributed by atoms with Gasteiger partial charge in [0.2, 0.25) is 11.8 Å². The molecule has 0 aliphatic rings. The fraction of sp³-hybridized carbons (Fsp3) is 0.333. The van der Waals surface area contributed by atoms with E-state index in [1.165, 1.54) is 17.0 Å². The number of halogens is 1. The van der Waals surface area contributed by atoms with Crippen LogP contribution in [0, 0.1) is 19.7 Å². The summed E-state index contributed by atoms with van der Waals surface area (Å²) in [6.45, 7) is 5.90.